The van der Waals surface area contributed by atoms with Crippen molar-refractivity contribution in [3.05, 3.63) is 108 Å². The molecule has 312 valence electrons. The van der Waals surface area contributed by atoms with Crippen LogP contribution in [0.2, 0.25) is 0 Å². The summed E-state index contributed by atoms with van der Waals surface area (Å²) in [4.78, 5) is 42.1. The van der Waals surface area contributed by atoms with Gasteiger partial charge in [-0.3, -0.25) is 14.4 Å². The molecule has 4 aromatic carbocycles. The van der Waals surface area contributed by atoms with Crippen LogP contribution in [0, 0.1) is 0 Å². The van der Waals surface area contributed by atoms with E-state index in [9.17, 15) is 14.4 Å². The van der Waals surface area contributed by atoms with Gasteiger partial charge in [0.2, 0.25) is 0 Å². The summed E-state index contributed by atoms with van der Waals surface area (Å²) < 4.78 is 37.4. The average molecular weight is 813 g/mol. The molecule has 0 aliphatic carbocycles. The Bertz CT molecular complexity index is 2030. The molecule has 0 saturated carbocycles. The maximum absolute atomic E-state index is 14.0. The molecule has 0 bridgehead atoms. The van der Waals surface area contributed by atoms with E-state index in [1.807, 2.05) is 101 Å². The van der Waals surface area contributed by atoms with Crippen LogP contribution in [0.1, 0.15) is 114 Å². The molecule has 7 rings (SSSR count). The molecule has 3 N–H and O–H groups in total. The van der Waals surface area contributed by atoms with Crippen molar-refractivity contribution < 1.29 is 42.3 Å². The minimum Gasteiger partial charge on any atom is -0.399 e. The van der Waals surface area contributed by atoms with E-state index in [2.05, 4.69) is 16.0 Å². The molecule has 3 heterocycles. The Morgan fingerprint density at radius 1 is 0.367 bits per heavy atom. The quantitative estimate of drug-likeness (QED) is 0.165. The fourth-order valence-corrected chi connectivity index (χ4v) is 6.86. The van der Waals surface area contributed by atoms with Crippen molar-refractivity contribution in [1.29, 1.82) is 0 Å². The second-order valence-electron chi connectivity index (χ2n) is 18.8. The van der Waals surface area contributed by atoms with Gasteiger partial charge in [0, 0.05) is 33.8 Å². The molecular weight excluding hydrogens is 759 g/mol. The molecule has 3 aliphatic heterocycles. The molecule has 60 heavy (non-hydrogen) atoms. The number of nitrogens with one attached hydrogen (secondary N) is 3. The standard InChI is InChI=1S/C45H54B3N3O9/c1-40(2)41(3,4)56-46(55-40)31-16-13-19-34(25-31)49-37(52)28-22-29(38(53)50-35-20-14-17-32(26-35)47-57-42(5,6)43(7,8)58-47)24-30(23-28)39(54)51-36-21-15-18-33(27-36)48-59-44(9,10)45(11,12)60-48/h13-27H,1-12H3,(H,49,52)(H,50,53)(H,51,54). The molecule has 4 aromatic rings. The van der Waals surface area contributed by atoms with E-state index in [1.54, 1.807) is 54.6 Å². The fourth-order valence-electron chi connectivity index (χ4n) is 6.86. The van der Waals surface area contributed by atoms with Crippen LogP contribution in [0.5, 0.6) is 0 Å². The molecular formula is C45H54B3N3O9. The van der Waals surface area contributed by atoms with Crippen LogP contribution >= 0.6 is 0 Å². The number of carbonyl (C=O) groups is 3. The van der Waals surface area contributed by atoms with Gasteiger partial charge in [-0.2, -0.15) is 0 Å². The van der Waals surface area contributed by atoms with Gasteiger partial charge >= 0.3 is 21.4 Å². The van der Waals surface area contributed by atoms with Crippen LogP contribution in [-0.2, 0) is 27.9 Å². The molecule has 3 saturated heterocycles. The third-order valence-electron chi connectivity index (χ3n) is 12.7. The van der Waals surface area contributed by atoms with Gasteiger partial charge in [0.05, 0.1) is 33.6 Å². The summed E-state index contributed by atoms with van der Waals surface area (Å²) in [5.74, 6) is -1.60. The molecule has 15 heteroatoms. The van der Waals surface area contributed by atoms with Gasteiger partial charge in [-0.25, -0.2) is 0 Å². The number of hydrogen-bond donors (Lipinski definition) is 3. The number of benzene rings is 4. The third kappa shape index (κ3) is 8.57. The van der Waals surface area contributed by atoms with Crippen molar-refractivity contribution in [3.63, 3.8) is 0 Å². The smallest absolute Gasteiger partial charge is 0.399 e. The number of anilines is 3. The molecule has 12 nitrogen and oxygen atoms in total. The Morgan fingerprint density at radius 3 is 0.800 bits per heavy atom. The monoisotopic (exact) mass is 813 g/mol. The first kappa shape index (κ1) is 43.3. The van der Waals surface area contributed by atoms with E-state index < -0.39 is 72.7 Å². The Morgan fingerprint density at radius 2 is 0.583 bits per heavy atom. The molecule has 3 amide bonds. The second kappa shape index (κ2) is 15.3. The first-order chi connectivity index (χ1) is 27.9. The molecule has 3 fully saturated rings. The molecule has 3 aliphatic rings. The lowest BCUT2D eigenvalue weighted by molar-refractivity contribution is 0.00578. The van der Waals surface area contributed by atoms with Gasteiger partial charge in [-0.1, -0.05) is 36.4 Å². The third-order valence-corrected chi connectivity index (χ3v) is 12.7. The molecule has 0 aromatic heterocycles. The molecule has 0 spiro atoms. The highest BCUT2D eigenvalue weighted by Crippen LogP contribution is 2.39. The van der Waals surface area contributed by atoms with Crippen molar-refractivity contribution >= 4 is 72.5 Å². The van der Waals surface area contributed by atoms with Gasteiger partial charge in [-0.05, 0) is 154 Å². The van der Waals surface area contributed by atoms with E-state index in [1.165, 1.54) is 18.2 Å². The second-order valence-corrected chi connectivity index (χ2v) is 18.8. The van der Waals surface area contributed by atoms with Crippen molar-refractivity contribution in [1.82, 2.24) is 0 Å². The largest absolute Gasteiger partial charge is 0.494 e. The summed E-state index contributed by atoms with van der Waals surface area (Å²) in [5, 5.41) is 8.79. The zero-order valence-electron chi connectivity index (χ0n) is 36.6. The van der Waals surface area contributed by atoms with Crippen LogP contribution in [0.15, 0.2) is 91.0 Å². The van der Waals surface area contributed by atoms with Crippen molar-refractivity contribution in [2.24, 2.45) is 0 Å². The van der Waals surface area contributed by atoms with Crippen LogP contribution in [-0.4, -0.2) is 72.7 Å². The van der Waals surface area contributed by atoms with Crippen LogP contribution in [0.4, 0.5) is 17.1 Å². The van der Waals surface area contributed by atoms with Gasteiger partial charge in [0.1, 0.15) is 0 Å². The molecule has 0 unspecified atom stereocenters. The summed E-state index contributed by atoms with van der Waals surface area (Å²) in [6.45, 7) is 23.7. The number of hydrogen-bond acceptors (Lipinski definition) is 9. The summed E-state index contributed by atoms with van der Waals surface area (Å²) in [6, 6.07) is 26.0. The van der Waals surface area contributed by atoms with Crippen molar-refractivity contribution in [3.8, 4) is 0 Å². The number of rotatable bonds is 9. The van der Waals surface area contributed by atoms with Crippen LogP contribution in [0.25, 0.3) is 0 Å². The average Bonchev–Trinajstić information content (AvgIpc) is 3.64. The first-order valence-corrected chi connectivity index (χ1v) is 20.3. The van der Waals surface area contributed by atoms with E-state index in [4.69, 9.17) is 27.9 Å². The minimum absolute atomic E-state index is 0.0887. The predicted molar refractivity (Wildman–Crippen MR) is 237 cm³/mol. The Labute approximate surface area is 354 Å². The van der Waals surface area contributed by atoms with E-state index in [0.717, 1.165) is 16.4 Å². The highest BCUT2D eigenvalue weighted by molar-refractivity contribution is 6.63. The molecule has 0 atom stereocenters. The maximum atomic E-state index is 14.0. The molecule has 0 radical (unpaired) electrons. The Kier molecular flexibility index (Phi) is 11.1. The highest BCUT2D eigenvalue weighted by atomic mass is 16.7. The van der Waals surface area contributed by atoms with E-state index in [-0.39, 0.29) is 16.7 Å². The Hall–Kier alpha value is -4.76. The highest BCUT2D eigenvalue weighted by Gasteiger charge is 2.53. The number of carbonyl (C=O) groups excluding carboxylic acids is 3. The topological polar surface area (TPSA) is 143 Å². The summed E-state index contributed by atoms with van der Waals surface area (Å²) in [5.41, 5.74) is 0.606. The SMILES string of the molecule is CC1(C)OB(c2cccc(NC(=O)c3cc(C(=O)Nc4cccc(B5OC(C)(C)C(C)(C)O5)c4)cc(C(=O)Nc4cccc(B5OC(C)(C)C(C)(C)O5)c4)c3)c2)OC1(C)C. The minimum atomic E-state index is -0.638. The lowest BCUT2D eigenvalue weighted by Gasteiger charge is -2.32. The van der Waals surface area contributed by atoms with Gasteiger partial charge in [0.25, 0.3) is 17.7 Å². The summed E-state index contributed by atoms with van der Waals surface area (Å²) >= 11 is 0. The van der Waals surface area contributed by atoms with Gasteiger partial charge in [-0.15, -0.1) is 0 Å². The predicted octanol–water partition coefficient (Wildman–Crippen LogP) is 6.34. The van der Waals surface area contributed by atoms with Crippen molar-refractivity contribution in [2.45, 2.75) is 117 Å². The maximum Gasteiger partial charge on any atom is 0.494 e. The van der Waals surface area contributed by atoms with E-state index >= 15 is 0 Å². The van der Waals surface area contributed by atoms with Gasteiger partial charge in [0.15, 0.2) is 0 Å². The van der Waals surface area contributed by atoms with Gasteiger partial charge < -0.3 is 43.9 Å². The fraction of sp³-hybridized carbons (Fsp3) is 0.400. The zero-order valence-corrected chi connectivity index (χ0v) is 36.6. The zero-order chi connectivity index (χ0) is 43.6. The van der Waals surface area contributed by atoms with Crippen LogP contribution < -0.4 is 32.3 Å². The summed E-state index contributed by atoms with van der Waals surface area (Å²) in [7, 11) is -1.91. The van der Waals surface area contributed by atoms with Crippen molar-refractivity contribution in [2.75, 3.05) is 16.0 Å². The summed E-state index contributed by atoms with van der Waals surface area (Å²) in [6.07, 6.45) is 0. The number of amides is 3. The lowest BCUT2D eigenvalue weighted by Crippen LogP contribution is -2.41. The Balaban J connectivity index is 1.16. The van der Waals surface area contributed by atoms with Crippen LogP contribution in [0.3, 0.4) is 0 Å². The lowest BCUT2D eigenvalue weighted by atomic mass is 9.79. The van der Waals surface area contributed by atoms with E-state index in [0.29, 0.717) is 17.1 Å². The first-order valence-electron chi connectivity index (χ1n) is 20.3. The normalized spacial score (nSPS) is 20.5.